The number of aryl methyl sites for hydroxylation is 1. The first kappa shape index (κ1) is 14.1. The van der Waals surface area contributed by atoms with Crippen LogP contribution in [0.5, 0.6) is 0 Å². The smallest absolute Gasteiger partial charge is 0.255 e. The van der Waals surface area contributed by atoms with Crippen LogP contribution in [0.25, 0.3) is 10.9 Å². The number of anilines is 1. The van der Waals surface area contributed by atoms with Crippen molar-refractivity contribution in [1.29, 1.82) is 0 Å². The summed E-state index contributed by atoms with van der Waals surface area (Å²) in [5.74, 6) is -0.220. The number of nitrogens with one attached hydrogen (secondary N) is 1. The zero-order chi connectivity index (χ0) is 15.5. The van der Waals surface area contributed by atoms with Crippen LogP contribution in [0.1, 0.15) is 27.8 Å². The van der Waals surface area contributed by atoms with Crippen LogP contribution in [0, 0.1) is 0 Å². The number of fused-ring (bicyclic) bond motifs is 1. The molecule has 1 heterocycles. The predicted molar refractivity (Wildman–Crippen MR) is 87.4 cm³/mol. The minimum Gasteiger partial charge on any atom is -0.337 e. The van der Waals surface area contributed by atoms with Gasteiger partial charge in [-0.3, -0.25) is 9.59 Å². The lowest BCUT2D eigenvalue weighted by molar-refractivity contribution is 0.102. The number of para-hydroxylation sites is 1. The fraction of sp³-hybridized carbons (Fsp3) is 0.111. The molecular formula is C18H16N2O2. The fourth-order valence-corrected chi connectivity index (χ4v) is 2.69. The molecule has 3 rings (SSSR count). The minimum atomic E-state index is -0.220. The Balaban J connectivity index is 2.10. The quantitative estimate of drug-likeness (QED) is 0.745. The Bertz CT molecular complexity index is 835. The summed E-state index contributed by atoms with van der Waals surface area (Å²) in [7, 11) is 0. The monoisotopic (exact) mass is 292 g/mol. The molecule has 1 aromatic heterocycles. The molecule has 0 bridgehead atoms. The molecule has 0 aliphatic heterocycles. The van der Waals surface area contributed by atoms with Gasteiger partial charge in [-0.25, -0.2) is 0 Å². The summed E-state index contributed by atoms with van der Waals surface area (Å²) in [5, 5.41) is 3.76. The summed E-state index contributed by atoms with van der Waals surface area (Å²) in [4.78, 5) is 23.9. The van der Waals surface area contributed by atoms with Crippen molar-refractivity contribution in [3.8, 4) is 0 Å². The highest BCUT2D eigenvalue weighted by molar-refractivity contribution is 6.13. The zero-order valence-corrected chi connectivity index (χ0v) is 12.2. The number of benzene rings is 2. The summed E-state index contributed by atoms with van der Waals surface area (Å²) in [6, 6.07) is 16.6. The summed E-state index contributed by atoms with van der Waals surface area (Å²) in [6.07, 6.45) is 0.796. The highest BCUT2D eigenvalue weighted by Crippen LogP contribution is 2.30. The van der Waals surface area contributed by atoms with Gasteiger partial charge in [0.2, 0.25) is 0 Å². The minimum absolute atomic E-state index is 0.220. The van der Waals surface area contributed by atoms with E-state index in [4.69, 9.17) is 0 Å². The van der Waals surface area contributed by atoms with Crippen LogP contribution in [0.2, 0.25) is 0 Å². The molecule has 0 radical (unpaired) electrons. The van der Waals surface area contributed by atoms with Gasteiger partial charge in [-0.1, -0.05) is 36.4 Å². The Morgan fingerprint density at radius 3 is 2.45 bits per heavy atom. The average molecular weight is 292 g/mol. The molecule has 0 atom stereocenters. The van der Waals surface area contributed by atoms with Crippen molar-refractivity contribution < 1.29 is 9.59 Å². The molecule has 1 amide bonds. The predicted octanol–water partition coefficient (Wildman–Crippen LogP) is 3.73. The van der Waals surface area contributed by atoms with Gasteiger partial charge in [0.25, 0.3) is 5.91 Å². The molecule has 0 aliphatic carbocycles. The Morgan fingerprint density at radius 1 is 1.09 bits per heavy atom. The average Bonchev–Trinajstić information content (AvgIpc) is 2.88. The number of aromatic nitrogens is 1. The first-order valence-electron chi connectivity index (χ1n) is 7.19. The van der Waals surface area contributed by atoms with Gasteiger partial charge in [0.05, 0.1) is 11.2 Å². The molecule has 0 unspecified atom stereocenters. The van der Waals surface area contributed by atoms with Crippen LogP contribution in [0.15, 0.2) is 54.6 Å². The Hall–Kier alpha value is -2.88. The number of carbonyl (C=O) groups is 2. The van der Waals surface area contributed by atoms with Crippen molar-refractivity contribution in [2.24, 2.45) is 0 Å². The Morgan fingerprint density at radius 2 is 1.77 bits per heavy atom. The van der Waals surface area contributed by atoms with E-state index in [0.717, 1.165) is 17.2 Å². The molecule has 2 aromatic carbocycles. The molecule has 0 saturated carbocycles. The maximum absolute atomic E-state index is 12.4. The van der Waals surface area contributed by atoms with E-state index in [1.807, 2.05) is 54.0 Å². The SMILES string of the molecule is CCn1c(C=O)c(NC(=O)c2ccccc2)c2ccccc21. The van der Waals surface area contributed by atoms with E-state index in [9.17, 15) is 9.59 Å². The third-order valence-electron chi connectivity index (χ3n) is 3.71. The molecule has 22 heavy (non-hydrogen) atoms. The number of hydrogen-bond donors (Lipinski definition) is 1. The molecule has 0 saturated heterocycles. The molecule has 3 aromatic rings. The van der Waals surface area contributed by atoms with Gasteiger partial charge in [-0.2, -0.15) is 0 Å². The van der Waals surface area contributed by atoms with Gasteiger partial charge in [-0.15, -0.1) is 0 Å². The van der Waals surface area contributed by atoms with E-state index < -0.39 is 0 Å². The van der Waals surface area contributed by atoms with Crippen molar-refractivity contribution in [2.75, 3.05) is 5.32 Å². The third-order valence-corrected chi connectivity index (χ3v) is 3.71. The van der Waals surface area contributed by atoms with E-state index in [1.54, 1.807) is 12.1 Å². The van der Waals surface area contributed by atoms with Gasteiger partial charge in [0.1, 0.15) is 5.69 Å². The van der Waals surface area contributed by atoms with Gasteiger partial charge in [0, 0.05) is 17.5 Å². The van der Waals surface area contributed by atoms with Gasteiger partial charge in [-0.05, 0) is 25.1 Å². The molecule has 4 nitrogen and oxygen atoms in total. The lowest BCUT2D eigenvalue weighted by Gasteiger charge is -2.06. The largest absolute Gasteiger partial charge is 0.337 e. The van der Waals surface area contributed by atoms with Crippen LogP contribution < -0.4 is 5.32 Å². The van der Waals surface area contributed by atoms with Crippen LogP contribution in [-0.4, -0.2) is 16.8 Å². The zero-order valence-electron chi connectivity index (χ0n) is 12.2. The molecular weight excluding hydrogens is 276 g/mol. The number of rotatable bonds is 4. The molecule has 0 spiro atoms. The molecule has 1 N–H and O–H groups in total. The standard InChI is InChI=1S/C18H16N2O2/c1-2-20-15-11-7-6-10-14(15)17(16(20)12-21)19-18(22)13-8-4-3-5-9-13/h3-12H,2H2,1H3,(H,19,22). The van der Waals surface area contributed by atoms with Crippen LogP contribution in [0.4, 0.5) is 5.69 Å². The van der Waals surface area contributed by atoms with E-state index in [0.29, 0.717) is 23.5 Å². The van der Waals surface area contributed by atoms with Gasteiger partial charge >= 0.3 is 0 Å². The third kappa shape index (κ3) is 2.29. The summed E-state index contributed by atoms with van der Waals surface area (Å²) in [5.41, 5.74) is 2.57. The second-order valence-electron chi connectivity index (χ2n) is 4.96. The number of carbonyl (C=O) groups excluding carboxylic acids is 2. The Labute approximate surface area is 128 Å². The van der Waals surface area contributed by atoms with Crippen molar-refractivity contribution >= 4 is 28.8 Å². The molecule has 4 heteroatoms. The van der Waals surface area contributed by atoms with Crippen LogP contribution in [0.3, 0.4) is 0 Å². The van der Waals surface area contributed by atoms with E-state index in [1.165, 1.54) is 0 Å². The first-order valence-corrected chi connectivity index (χ1v) is 7.19. The maximum Gasteiger partial charge on any atom is 0.255 e. The summed E-state index contributed by atoms with van der Waals surface area (Å²) in [6.45, 7) is 2.64. The second kappa shape index (κ2) is 5.85. The fourth-order valence-electron chi connectivity index (χ4n) is 2.69. The van der Waals surface area contributed by atoms with Crippen LogP contribution in [-0.2, 0) is 6.54 Å². The van der Waals surface area contributed by atoms with Crippen molar-refractivity contribution in [2.45, 2.75) is 13.5 Å². The maximum atomic E-state index is 12.4. The van der Waals surface area contributed by atoms with Crippen molar-refractivity contribution in [1.82, 2.24) is 4.57 Å². The number of amides is 1. The number of aldehydes is 1. The van der Waals surface area contributed by atoms with Gasteiger partial charge < -0.3 is 9.88 Å². The van der Waals surface area contributed by atoms with Crippen molar-refractivity contribution in [3.05, 3.63) is 65.9 Å². The second-order valence-corrected chi connectivity index (χ2v) is 4.96. The van der Waals surface area contributed by atoms with E-state index in [-0.39, 0.29) is 5.91 Å². The summed E-state index contributed by atoms with van der Waals surface area (Å²) < 4.78 is 1.91. The lowest BCUT2D eigenvalue weighted by Crippen LogP contribution is -2.13. The normalized spacial score (nSPS) is 10.6. The number of nitrogens with zero attached hydrogens (tertiary/aromatic N) is 1. The van der Waals surface area contributed by atoms with E-state index in [2.05, 4.69) is 5.32 Å². The van der Waals surface area contributed by atoms with E-state index >= 15 is 0 Å². The highest BCUT2D eigenvalue weighted by atomic mass is 16.1. The van der Waals surface area contributed by atoms with Gasteiger partial charge in [0.15, 0.2) is 6.29 Å². The lowest BCUT2D eigenvalue weighted by atomic mass is 10.2. The van der Waals surface area contributed by atoms with Crippen LogP contribution >= 0.6 is 0 Å². The molecule has 110 valence electrons. The van der Waals surface area contributed by atoms with Crippen molar-refractivity contribution in [3.63, 3.8) is 0 Å². The molecule has 0 aliphatic rings. The highest BCUT2D eigenvalue weighted by Gasteiger charge is 2.18. The first-order chi connectivity index (χ1) is 10.8. The Kier molecular flexibility index (Phi) is 3.74. The number of hydrogen-bond acceptors (Lipinski definition) is 2. The summed E-state index contributed by atoms with van der Waals surface area (Å²) >= 11 is 0. The molecule has 0 fully saturated rings. The topological polar surface area (TPSA) is 51.1 Å².